The maximum absolute atomic E-state index is 13.6. The molecule has 338 valence electrons. The first-order valence-electron chi connectivity index (χ1n) is 20.5. The lowest BCUT2D eigenvalue weighted by atomic mass is 10.1. The van der Waals surface area contributed by atoms with Crippen LogP contribution >= 0.6 is 12.4 Å². The second kappa shape index (κ2) is 24.7. The highest BCUT2D eigenvalue weighted by molar-refractivity contribution is 7.93. The number of carbonyl (C=O) groups excluding carboxylic acids is 3. The molecule has 0 unspecified atom stereocenters. The fraction of sp³-hybridized carbons (Fsp3) is 0.413. The Morgan fingerprint density at radius 3 is 1.27 bits per heavy atom. The van der Waals surface area contributed by atoms with E-state index >= 15 is 0 Å². The Bertz CT molecular complexity index is 2210. The van der Waals surface area contributed by atoms with Crippen LogP contribution in [-0.2, 0) is 47.4 Å². The van der Waals surface area contributed by atoms with Crippen LogP contribution in [0.4, 0.5) is 11.4 Å². The van der Waals surface area contributed by atoms with Crippen molar-refractivity contribution in [3.05, 3.63) is 131 Å². The van der Waals surface area contributed by atoms with E-state index in [-0.39, 0.29) is 31.3 Å². The summed E-state index contributed by atoms with van der Waals surface area (Å²) in [5.41, 5.74) is 3.80. The van der Waals surface area contributed by atoms with Crippen molar-refractivity contribution in [2.45, 2.75) is 83.0 Å². The van der Waals surface area contributed by atoms with E-state index in [0.29, 0.717) is 67.3 Å². The average molecular weight is 914 g/mol. The van der Waals surface area contributed by atoms with Crippen LogP contribution in [0, 0.1) is 0 Å². The topological polar surface area (TPSA) is 160 Å². The van der Waals surface area contributed by atoms with Gasteiger partial charge in [-0.2, -0.15) is 0 Å². The molecule has 0 bridgehead atoms. The van der Waals surface area contributed by atoms with Crippen LogP contribution in [-0.4, -0.2) is 96.4 Å². The molecule has 1 N–H and O–H groups in total. The van der Waals surface area contributed by atoms with Crippen molar-refractivity contribution < 1.29 is 40.7 Å². The highest BCUT2D eigenvalue weighted by Crippen LogP contribution is 2.29. The fourth-order valence-electron chi connectivity index (χ4n) is 7.05. The molecule has 2 aliphatic heterocycles. The van der Waals surface area contributed by atoms with Gasteiger partial charge in [-0.3, -0.25) is 8.61 Å². The zero-order valence-corrected chi connectivity index (χ0v) is 38.9. The number of nitrogens with one attached hydrogen (secondary N) is 1. The normalized spacial score (nSPS) is 14.8. The molecule has 2 heterocycles. The molecule has 2 saturated heterocycles. The Hall–Kier alpha value is -4.80. The predicted octanol–water partition coefficient (Wildman–Crippen LogP) is 7.26. The van der Waals surface area contributed by atoms with Crippen LogP contribution in [0.25, 0.3) is 0 Å². The Balaban J connectivity index is 0.000000301. The van der Waals surface area contributed by atoms with Gasteiger partial charge in [0.1, 0.15) is 5.78 Å². The number of para-hydroxylation sites is 2. The van der Waals surface area contributed by atoms with Gasteiger partial charge in [0, 0.05) is 6.04 Å². The highest BCUT2D eigenvalue weighted by Gasteiger charge is 2.36. The van der Waals surface area contributed by atoms with Gasteiger partial charge in [0.15, 0.2) is 0 Å². The van der Waals surface area contributed by atoms with Crippen molar-refractivity contribution in [3.63, 3.8) is 0 Å². The smallest absolute Gasteiger partial charge is 0.337 e. The lowest BCUT2D eigenvalue weighted by molar-refractivity contribution is -0.115. The summed E-state index contributed by atoms with van der Waals surface area (Å²) in [7, 11) is -4.38. The number of ether oxygens (including phenoxy) is 2. The van der Waals surface area contributed by atoms with Gasteiger partial charge < -0.3 is 24.5 Å². The van der Waals surface area contributed by atoms with E-state index < -0.39 is 42.5 Å². The number of carbonyl (C=O) groups is 3. The molecule has 0 amide bonds. The van der Waals surface area contributed by atoms with Crippen LogP contribution in [0.2, 0.25) is 0 Å². The molecule has 0 spiro atoms. The summed E-state index contributed by atoms with van der Waals surface area (Å²) in [6.45, 7) is 10.8. The number of Topliss-reactive ketones (excluding diaryl/α,β-unsaturated/α-hetero) is 1. The summed E-state index contributed by atoms with van der Waals surface area (Å²) in [4.78, 5) is 35.0. The minimum absolute atomic E-state index is 0. The van der Waals surface area contributed by atoms with Gasteiger partial charge in [0.25, 0.3) is 0 Å². The number of esters is 2. The number of rotatable bonds is 13. The molecule has 62 heavy (non-hydrogen) atoms. The van der Waals surface area contributed by atoms with Gasteiger partial charge in [-0.15, -0.1) is 12.4 Å². The molecule has 0 saturated carbocycles. The van der Waals surface area contributed by atoms with Crippen molar-refractivity contribution in [2.24, 2.45) is 0 Å². The van der Waals surface area contributed by atoms with E-state index in [1.54, 1.807) is 60.7 Å². The van der Waals surface area contributed by atoms with E-state index in [1.165, 1.54) is 36.7 Å². The summed E-state index contributed by atoms with van der Waals surface area (Å²) < 4.78 is 66.4. The number of nitrogens with zero attached hydrogens (tertiary/aromatic N) is 3. The first-order chi connectivity index (χ1) is 29.1. The van der Waals surface area contributed by atoms with Gasteiger partial charge >= 0.3 is 11.9 Å². The number of piperidine rings is 2. The average Bonchev–Trinajstić information content (AvgIpc) is 3.28. The molecule has 2 fully saturated rings. The van der Waals surface area contributed by atoms with Crippen LogP contribution in [0.3, 0.4) is 0 Å². The molecule has 6 rings (SSSR count). The predicted molar refractivity (Wildman–Crippen MR) is 248 cm³/mol. The van der Waals surface area contributed by atoms with Crippen molar-refractivity contribution >= 4 is 61.6 Å². The number of methoxy groups -OCH3 is 2. The lowest BCUT2D eigenvalue weighted by Gasteiger charge is -2.37. The number of sulfonamides is 2. The number of anilines is 2. The van der Waals surface area contributed by atoms with Crippen LogP contribution in [0.1, 0.15) is 85.2 Å². The quantitative estimate of drug-likeness (QED) is 0.135. The standard InChI is InChI=1S/C23H30N2O4S.C20H24N2O4S.C3H6O.ClH/c1-18(2)24-15-13-22(14-16-24)30(27,28)25(21-7-5-4-6-8-21)17-19-9-11-20(12-10-19)23(26)29-3;1-26-20(23)17-9-7-16(8-10-17)15-22(18-5-3-2-4-6-18)27(24,25)19-11-13-21-14-12-19;1-3(2)4;/h4-12,18,22H,13-17H2,1-3H3;2-10,19,21H,11-15H2,1H3;1-2H3;1H. The monoisotopic (exact) mass is 912 g/mol. The van der Waals surface area contributed by atoms with Crippen LogP contribution in [0.5, 0.6) is 0 Å². The molecule has 2 aliphatic rings. The van der Waals surface area contributed by atoms with Crippen molar-refractivity contribution in [2.75, 3.05) is 49.0 Å². The Kier molecular flexibility index (Phi) is 20.6. The van der Waals surface area contributed by atoms with Crippen molar-refractivity contribution in [1.82, 2.24) is 10.2 Å². The second-order valence-electron chi connectivity index (χ2n) is 15.3. The number of benzene rings is 4. The van der Waals surface area contributed by atoms with E-state index in [9.17, 15) is 31.2 Å². The molecular formula is C46H61ClN4O9S2. The molecule has 16 heteroatoms. The Morgan fingerprint density at radius 1 is 0.613 bits per heavy atom. The van der Waals surface area contributed by atoms with Crippen LogP contribution in [0.15, 0.2) is 109 Å². The summed E-state index contributed by atoms with van der Waals surface area (Å²) >= 11 is 0. The number of ketones is 1. The lowest BCUT2D eigenvalue weighted by Crippen LogP contribution is -2.47. The molecule has 4 aromatic carbocycles. The maximum Gasteiger partial charge on any atom is 0.337 e. The molecule has 0 aliphatic carbocycles. The minimum atomic E-state index is -3.54. The van der Waals surface area contributed by atoms with E-state index in [0.717, 1.165) is 24.2 Å². The van der Waals surface area contributed by atoms with Crippen molar-refractivity contribution in [1.29, 1.82) is 0 Å². The minimum Gasteiger partial charge on any atom is -0.465 e. The largest absolute Gasteiger partial charge is 0.465 e. The number of hydrogen-bond donors (Lipinski definition) is 1. The van der Waals surface area contributed by atoms with Gasteiger partial charge in [0.05, 0.1) is 60.3 Å². The molecule has 0 atom stereocenters. The SMILES string of the molecule is CC(C)=O.COC(=O)c1ccc(CN(c2ccccc2)S(=O)(=O)C2CCN(C(C)C)CC2)cc1.COC(=O)c1ccc(CN(c2ccccc2)S(=O)(=O)C2CCNCC2)cc1.Cl. The molecule has 13 nitrogen and oxygen atoms in total. The second-order valence-corrected chi connectivity index (χ2v) is 19.6. The van der Waals surface area contributed by atoms with E-state index in [2.05, 4.69) is 24.1 Å². The van der Waals surface area contributed by atoms with Crippen molar-refractivity contribution in [3.8, 4) is 0 Å². The zero-order chi connectivity index (χ0) is 44.6. The third kappa shape index (κ3) is 14.7. The zero-order valence-electron chi connectivity index (χ0n) is 36.4. The van der Waals surface area contributed by atoms with Gasteiger partial charge in [-0.05, 0) is 139 Å². The maximum atomic E-state index is 13.6. The van der Waals surface area contributed by atoms with Gasteiger partial charge in [-0.1, -0.05) is 60.7 Å². The first kappa shape index (κ1) is 51.5. The highest BCUT2D eigenvalue weighted by atomic mass is 35.5. The number of halogens is 1. The van der Waals surface area contributed by atoms with Gasteiger partial charge in [-0.25, -0.2) is 26.4 Å². The van der Waals surface area contributed by atoms with E-state index in [4.69, 9.17) is 9.47 Å². The third-order valence-corrected chi connectivity index (χ3v) is 15.0. The van der Waals surface area contributed by atoms with Gasteiger partial charge in [0.2, 0.25) is 20.0 Å². The molecule has 0 aromatic heterocycles. The first-order valence-corrected chi connectivity index (χ1v) is 23.5. The number of hydrogen-bond acceptors (Lipinski definition) is 11. The van der Waals surface area contributed by atoms with Crippen LogP contribution < -0.4 is 13.9 Å². The van der Waals surface area contributed by atoms with E-state index in [1.807, 2.05) is 48.5 Å². The third-order valence-electron chi connectivity index (χ3n) is 10.4. The summed E-state index contributed by atoms with van der Waals surface area (Å²) in [6.07, 6.45) is 2.47. The molecule has 0 radical (unpaired) electrons. The Morgan fingerprint density at radius 2 is 0.952 bits per heavy atom. The fourth-order valence-corrected chi connectivity index (χ4v) is 10.9. The summed E-state index contributed by atoms with van der Waals surface area (Å²) in [6, 6.07) is 32.5. The molecule has 4 aromatic rings. The number of likely N-dealkylation sites (tertiary alicyclic amines) is 1. The summed E-state index contributed by atoms with van der Waals surface area (Å²) in [5.74, 6) is -0.658. The molecular weight excluding hydrogens is 852 g/mol. The Labute approximate surface area is 374 Å². The summed E-state index contributed by atoms with van der Waals surface area (Å²) in [5, 5.41) is 2.41.